The third-order valence-corrected chi connectivity index (χ3v) is 4.33. The summed E-state index contributed by atoms with van der Waals surface area (Å²) >= 11 is 3.52. The minimum absolute atomic E-state index is 0.175. The zero-order valence-corrected chi connectivity index (χ0v) is 12.9. The molecular formula is C14H18BrF3N2. The summed E-state index contributed by atoms with van der Waals surface area (Å²) in [4.78, 5) is 2.02. The Bertz CT molecular complexity index is 454. The van der Waals surface area contributed by atoms with Gasteiger partial charge in [0.15, 0.2) is 0 Å². The van der Waals surface area contributed by atoms with Crippen LogP contribution in [0.5, 0.6) is 0 Å². The van der Waals surface area contributed by atoms with Crippen molar-refractivity contribution in [2.75, 3.05) is 25.0 Å². The maximum Gasteiger partial charge on any atom is 0.391 e. The van der Waals surface area contributed by atoms with E-state index in [0.717, 1.165) is 22.3 Å². The molecule has 112 valence electrons. The van der Waals surface area contributed by atoms with E-state index in [-0.39, 0.29) is 12.8 Å². The Labute approximate surface area is 125 Å². The molecule has 1 heterocycles. The molecule has 0 atom stereocenters. The second-order valence-corrected chi connectivity index (χ2v) is 5.97. The zero-order chi connectivity index (χ0) is 14.8. The van der Waals surface area contributed by atoms with Gasteiger partial charge in [-0.3, -0.25) is 0 Å². The molecule has 1 aromatic rings. The van der Waals surface area contributed by atoms with Crippen molar-refractivity contribution in [3.8, 4) is 0 Å². The van der Waals surface area contributed by atoms with Crippen molar-refractivity contribution in [2.24, 2.45) is 5.92 Å². The molecule has 0 aromatic heterocycles. The average Bonchev–Trinajstić information content (AvgIpc) is 2.38. The van der Waals surface area contributed by atoms with Crippen molar-refractivity contribution < 1.29 is 13.2 Å². The summed E-state index contributed by atoms with van der Waals surface area (Å²) in [5, 5.41) is 3.07. The van der Waals surface area contributed by atoms with E-state index in [0.29, 0.717) is 13.1 Å². The number of halogens is 4. The molecule has 1 aromatic carbocycles. The molecule has 0 radical (unpaired) electrons. The van der Waals surface area contributed by atoms with E-state index in [2.05, 4.69) is 21.2 Å². The van der Waals surface area contributed by atoms with Gasteiger partial charge >= 0.3 is 6.18 Å². The molecule has 1 aliphatic heterocycles. The molecule has 6 heteroatoms. The SMILES string of the molecule is CNCc1ccc(N2CCC(C(F)(F)F)CC2)c(Br)c1. The predicted molar refractivity (Wildman–Crippen MR) is 77.9 cm³/mol. The van der Waals surface area contributed by atoms with Crippen LogP contribution in [0, 0.1) is 5.92 Å². The van der Waals surface area contributed by atoms with Crippen LogP contribution >= 0.6 is 15.9 Å². The van der Waals surface area contributed by atoms with Crippen molar-refractivity contribution in [3.63, 3.8) is 0 Å². The van der Waals surface area contributed by atoms with Gasteiger partial charge in [0.2, 0.25) is 0 Å². The van der Waals surface area contributed by atoms with Gasteiger partial charge in [0.05, 0.1) is 11.6 Å². The highest BCUT2D eigenvalue weighted by molar-refractivity contribution is 9.10. The Kier molecular flexibility index (Phi) is 4.96. The maximum absolute atomic E-state index is 12.7. The monoisotopic (exact) mass is 350 g/mol. The van der Waals surface area contributed by atoms with E-state index in [1.165, 1.54) is 0 Å². The lowest BCUT2D eigenvalue weighted by Gasteiger charge is -2.35. The van der Waals surface area contributed by atoms with E-state index >= 15 is 0 Å². The first kappa shape index (κ1) is 15.6. The Hall–Kier alpha value is -0.750. The van der Waals surface area contributed by atoms with Crippen LogP contribution < -0.4 is 10.2 Å². The number of hydrogen-bond acceptors (Lipinski definition) is 2. The highest BCUT2D eigenvalue weighted by Crippen LogP contribution is 2.37. The van der Waals surface area contributed by atoms with Crippen molar-refractivity contribution >= 4 is 21.6 Å². The maximum atomic E-state index is 12.7. The topological polar surface area (TPSA) is 15.3 Å². The average molecular weight is 351 g/mol. The molecule has 0 amide bonds. The third kappa shape index (κ3) is 3.67. The molecule has 0 unspecified atom stereocenters. The molecule has 2 nitrogen and oxygen atoms in total. The summed E-state index contributed by atoms with van der Waals surface area (Å²) in [6.07, 6.45) is -3.71. The Morgan fingerprint density at radius 3 is 2.45 bits per heavy atom. The summed E-state index contributed by atoms with van der Waals surface area (Å²) in [6, 6.07) is 6.00. The molecule has 20 heavy (non-hydrogen) atoms. The third-order valence-electron chi connectivity index (χ3n) is 3.69. The number of alkyl halides is 3. The summed E-state index contributed by atoms with van der Waals surface area (Å²) in [5.74, 6) is -1.15. The quantitative estimate of drug-likeness (QED) is 0.887. The van der Waals surface area contributed by atoms with Crippen LogP contribution in [-0.2, 0) is 6.54 Å². The highest BCUT2D eigenvalue weighted by Gasteiger charge is 2.41. The molecule has 0 aliphatic carbocycles. The van der Waals surface area contributed by atoms with Gasteiger partial charge in [0.25, 0.3) is 0 Å². The van der Waals surface area contributed by atoms with E-state index in [1.807, 2.05) is 30.1 Å². The molecule has 0 bridgehead atoms. The van der Waals surface area contributed by atoms with Gasteiger partial charge in [0, 0.05) is 24.1 Å². The second kappa shape index (κ2) is 6.35. The molecule has 1 N–H and O–H groups in total. The molecule has 2 rings (SSSR count). The first-order valence-electron chi connectivity index (χ1n) is 6.66. The summed E-state index contributed by atoms with van der Waals surface area (Å²) < 4.78 is 38.9. The first-order chi connectivity index (χ1) is 9.41. The van der Waals surface area contributed by atoms with Crippen LogP contribution in [0.1, 0.15) is 18.4 Å². The fraction of sp³-hybridized carbons (Fsp3) is 0.571. The number of nitrogens with one attached hydrogen (secondary N) is 1. The normalized spacial score (nSPS) is 17.6. The van der Waals surface area contributed by atoms with Crippen LogP contribution in [0.25, 0.3) is 0 Å². The Balaban J connectivity index is 2.03. The summed E-state index contributed by atoms with van der Waals surface area (Å²) in [7, 11) is 1.88. The van der Waals surface area contributed by atoms with E-state index in [9.17, 15) is 13.2 Å². The van der Waals surface area contributed by atoms with Crippen molar-refractivity contribution in [1.29, 1.82) is 0 Å². The fourth-order valence-corrected chi connectivity index (χ4v) is 3.25. The number of rotatable bonds is 3. The van der Waals surface area contributed by atoms with Crippen LogP contribution in [0.4, 0.5) is 18.9 Å². The number of piperidine rings is 1. The molecule has 1 saturated heterocycles. The summed E-state index contributed by atoms with van der Waals surface area (Å²) in [5.41, 5.74) is 2.12. The fourth-order valence-electron chi connectivity index (χ4n) is 2.57. The van der Waals surface area contributed by atoms with E-state index in [4.69, 9.17) is 0 Å². The lowest BCUT2D eigenvalue weighted by Crippen LogP contribution is -2.39. The van der Waals surface area contributed by atoms with E-state index in [1.54, 1.807) is 0 Å². The summed E-state index contributed by atoms with van der Waals surface area (Å²) in [6.45, 7) is 1.68. The molecule has 0 saturated carbocycles. The van der Waals surface area contributed by atoms with Gasteiger partial charge in [-0.25, -0.2) is 0 Å². The molecule has 1 fully saturated rings. The molecule has 1 aliphatic rings. The van der Waals surface area contributed by atoms with Gasteiger partial charge in [-0.1, -0.05) is 6.07 Å². The number of benzene rings is 1. The lowest BCUT2D eigenvalue weighted by atomic mass is 9.96. The minimum atomic E-state index is -4.06. The minimum Gasteiger partial charge on any atom is -0.371 e. The number of nitrogens with zero attached hydrogens (tertiary/aromatic N) is 1. The Morgan fingerprint density at radius 2 is 1.95 bits per heavy atom. The smallest absolute Gasteiger partial charge is 0.371 e. The number of anilines is 1. The molecular weight excluding hydrogens is 333 g/mol. The van der Waals surface area contributed by atoms with Crippen molar-refractivity contribution in [2.45, 2.75) is 25.6 Å². The molecule has 0 spiro atoms. The van der Waals surface area contributed by atoms with Gasteiger partial charge in [-0.05, 0) is 53.5 Å². The zero-order valence-electron chi connectivity index (χ0n) is 11.3. The van der Waals surface area contributed by atoms with Crippen LogP contribution in [0.2, 0.25) is 0 Å². The Morgan fingerprint density at radius 1 is 1.30 bits per heavy atom. The van der Waals surface area contributed by atoms with Crippen LogP contribution in [0.15, 0.2) is 22.7 Å². The lowest BCUT2D eigenvalue weighted by molar-refractivity contribution is -0.179. The van der Waals surface area contributed by atoms with Gasteiger partial charge in [0.1, 0.15) is 0 Å². The largest absolute Gasteiger partial charge is 0.391 e. The van der Waals surface area contributed by atoms with Gasteiger partial charge < -0.3 is 10.2 Å². The van der Waals surface area contributed by atoms with Crippen LogP contribution in [-0.4, -0.2) is 26.3 Å². The van der Waals surface area contributed by atoms with E-state index < -0.39 is 12.1 Å². The highest BCUT2D eigenvalue weighted by atomic mass is 79.9. The van der Waals surface area contributed by atoms with Crippen LogP contribution in [0.3, 0.4) is 0 Å². The number of hydrogen-bond donors (Lipinski definition) is 1. The van der Waals surface area contributed by atoms with Crippen molar-refractivity contribution in [3.05, 3.63) is 28.2 Å². The second-order valence-electron chi connectivity index (χ2n) is 5.12. The first-order valence-corrected chi connectivity index (χ1v) is 7.46. The predicted octanol–water partition coefficient (Wildman–Crippen LogP) is 3.95. The van der Waals surface area contributed by atoms with Gasteiger partial charge in [-0.2, -0.15) is 13.2 Å². The van der Waals surface area contributed by atoms with Crippen molar-refractivity contribution in [1.82, 2.24) is 5.32 Å². The van der Waals surface area contributed by atoms with Gasteiger partial charge in [-0.15, -0.1) is 0 Å². The standard InChI is InChI=1S/C14H18BrF3N2/c1-19-9-10-2-3-13(12(15)8-10)20-6-4-11(5-7-20)14(16,17)18/h2-3,8,11,19H,4-7,9H2,1H3.